The Labute approximate surface area is 149 Å². The number of nitrogens with zero attached hydrogens (tertiary/aromatic N) is 2. The first kappa shape index (κ1) is 17.2. The van der Waals surface area contributed by atoms with E-state index in [1.54, 1.807) is 12.1 Å². The van der Waals surface area contributed by atoms with Gasteiger partial charge in [-0.15, -0.1) is 11.8 Å². The molecule has 1 aromatic heterocycles. The molecule has 0 spiro atoms. The fraction of sp³-hybridized carbons (Fsp3) is 0.222. The predicted octanol–water partition coefficient (Wildman–Crippen LogP) is 2.57. The summed E-state index contributed by atoms with van der Waals surface area (Å²) in [6.45, 7) is 0. The molecule has 0 bridgehead atoms. The third-order valence-electron chi connectivity index (χ3n) is 3.69. The lowest BCUT2D eigenvalue weighted by atomic mass is 10.1. The lowest BCUT2D eigenvalue weighted by molar-refractivity contribution is -0.141. The van der Waals surface area contributed by atoms with Gasteiger partial charge in [-0.05, 0) is 12.1 Å². The van der Waals surface area contributed by atoms with E-state index in [9.17, 15) is 9.59 Å². The van der Waals surface area contributed by atoms with E-state index in [1.165, 1.54) is 26.0 Å². The summed E-state index contributed by atoms with van der Waals surface area (Å²) >= 11 is 1.47. The van der Waals surface area contributed by atoms with Crippen LogP contribution in [0.25, 0.3) is 11.3 Å². The predicted molar refractivity (Wildman–Crippen MR) is 95.8 cm³/mol. The van der Waals surface area contributed by atoms with Crippen LogP contribution in [0.2, 0.25) is 0 Å². The van der Waals surface area contributed by atoms with Gasteiger partial charge in [-0.1, -0.05) is 30.3 Å². The summed E-state index contributed by atoms with van der Waals surface area (Å²) < 4.78 is 9.52. The van der Waals surface area contributed by atoms with Gasteiger partial charge in [0.05, 0.1) is 19.9 Å². The summed E-state index contributed by atoms with van der Waals surface area (Å²) in [5.41, 5.74) is 2.47. The van der Waals surface area contributed by atoms with E-state index in [1.807, 2.05) is 30.3 Å². The number of carbonyl (C=O) groups excluding carboxylic acids is 2. The first-order valence-electron chi connectivity index (χ1n) is 7.57. The van der Waals surface area contributed by atoms with Crippen LogP contribution in [0.3, 0.4) is 0 Å². The number of methoxy groups -OCH3 is 2. The summed E-state index contributed by atoms with van der Waals surface area (Å²) in [4.78, 5) is 32.5. The molecule has 2 aromatic rings. The second-order valence-electron chi connectivity index (χ2n) is 5.23. The van der Waals surface area contributed by atoms with Crippen molar-refractivity contribution in [1.29, 1.82) is 0 Å². The van der Waals surface area contributed by atoms with Crippen LogP contribution < -0.4 is 0 Å². The van der Waals surface area contributed by atoms with Crippen LogP contribution in [0.15, 0.2) is 47.5 Å². The summed E-state index contributed by atoms with van der Waals surface area (Å²) in [6, 6.07) is 12.4. The fourth-order valence-electron chi connectivity index (χ4n) is 2.44. The van der Waals surface area contributed by atoms with Gasteiger partial charge >= 0.3 is 11.9 Å². The van der Waals surface area contributed by atoms with Crippen LogP contribution in [0.1, 0.15) is 16.1 Å². The van der Waals surface area contributed by atoms with Crippen LogP contribution >= 0.6 is 11.8 Å². The first-order valence-corrected chi connectivity index (χ1v) is 8.56. The highest BCUT2D eigenvalue weighted by molar-refractivity contribution is 8.14. The smallest absolute Gasteiger partial charge is 0.356 e. The molecule has 1 aliphatic heterocycles. The average Bonchev–Trinajstić information content (AvgIpc) is 3.17. The van der Waals surface area contributed by atoms with Gasteiger partial charge < -0.3 is 9.47 Å². The number of carbonyl (C=O) groups is 2. The molecule has 2 heterocycles. The van der Waals surface area contributed by atoms with E-state index in [0.29, 0.717) is 16.5 Å². The van der Waals surface area contributed by atoms with Crippen LogP contribution in [0, 0.1) is 0 Å². The Kier molecular flexibility index (Phi) is 5.14. The number of hydrogen-bond acceptors (Lipinski definition) is 7. The summed E-state index contributed by atoms with van der Waals surface area (Å²) in [6.07, 6.45) is 0. The number of hydrogen-bond donors (Lipinski definition) is 0. The molecule has 1 atom stereocenters. The lowest BCUT2D eigenvalue weighted by Crippen LogP contribution is -2.19. The maximum Gasteiger partial charge on any atom is 0.356 e. The van der Waals surface area contributed by atoms with Crippen molar-refractivity contribution in [2.24, 2.45) is 4.99 Å². The highest BCUT2D eigenvalue weighted by Gasteiger charge is 2.28. The van der Waals surface area contributed by atoms with Gasteiger partial charge in [-0.2, -0.15) is 0 Å². The molecule has 1 aliphatic rings. The van der Waals surface area contributed by atoms with Crippen molar-refractivity contribution in [2.75, 3.05) is 20.0 Å². The molecule has 7 heteroatoms. The molecule has 3 rings (SSSR count). The van der Waals surface area contributed by atoms with E-state index < -0.39 is 12.0 Å². The van der Waals surface area contributed by atoms with Crippen molar-refractivity contribution in [2.45, 2.75) is 6.04 Å². The molecule has 1 unspecified atom stereocenters. The molecular weight excluding hydrogens is 340 g/mol. The monoisotopic (exact) mass is 356 g/mol. The van der Waals surface area contributed by atoms with E-state index in [0.717, 1.165) is 11.1 Å². The lowest BCUT2D eigenvalue weighted by Gasteiger charge is -2.10. The zero-order chi connectivity index (χ0) is 17.8. The van der Waals surface area contributed by atoms with E-state index in [-0.39, 0.29) is 11.7 Å². The Hall–Kier alpha value is -2.67. The minimum Gasteiger partial charge on any atom is -0.467 e. The van der Waals surface area contributed by atoms with Gasteiger partial charge in [0.25, 0.3) is 0 Å². The Morgan fingerprint density at radius 2 is 1.84 bits per heavy atom. The molecule has 0 fully saturated rings. The molecule has 1 aromatic carbocycles. The molecule has 0 radical (unpaired) electrons. The second-order valence-corrected chi connectivity index (χ2v) is 6.24. The molecular formula is C18H16N2O4S. The van der Waals surface area contributed by atoms with Crippen LogP contribution in [0.5, 0.6) is 0 Å². The molecule has 25 heavy (non-hydrogen) atoms. The standard InChI is InChI=1S/C18H16N2O4S/c1-23-17(21)13-9-8-12(15(19-13)11-6-4-3-5-7-11)16-20-14(10-25-16)18(22)24-2/h3-9,14H,10H2,1-2H3. The highest BCUT2D eigenvalue weighted by Crippen LogP contribution is 2.30. The molecule has 0 saturated carbocycles. The minimum atomic E-state index is -0.520. The average molecular weight is 356 g/mol. The SMILES string of the molecule is COC(=O)c1ccc(C2=NC(C(=O)OC)CS2)c(-c2ccccc2)n1. The Bertz CT molecular complexity index is 836. The quantitative estimate of drug-likeness (QED) is 0.784. The van der Waals surface area contributed by atoms with Crippen molar-refractivity contribution in [1.82, 2.24) is 4.98 Å². The van der Waals surface area contributed by atoms with E-state index in [4.69, 9.17) is 9.47 Å². The molecule has 128 valence electrons. The molecule has 0 saturated heterocycles. The number of ether oxygens (including phenoxy) is 2. The molecule has 0 amide bonds. The Morgan fingerprint density at radius 1 is 1.08 bits per heavy atom. The summed E-state index contributed by atoms with van der Waals surface area (Å²) in [7, 11) is 2.67. The number of thioether (sulfide) groups is 1. The van der Waals surface area contributed by atoms with Gasteiger partial charge in [0.2, 0.25) is 0 Å². The second kappa shape index (κ2) is 7.48. The maximum atomic E-state index is 11.8. The summed E-state index contributed by atoms with van der Waals surface area (Å²) in [5.74, 6) is -0.338. The maximum absolute atomic E-state index is 11.8. The number of aliphatic imine (C=N–C) groups is 1. The topological polar surface area (TPSA) is 77.8 Å². The van der Waals surface area contributed by atoms with Crippen molar-refractivity contribution >= 4 is 28.7 Å². The normalized spacial score (nSPS) is 16.2. The number of aromatic nitrogens is 1. The van der Waals surface area contributed by atoms with Gasteiger partial charge in [0.1, 0.15) is 10.7 Å². The van der Waals surface area contributed by atoms with Gasteiger partial charge in [-0.25, -0.2) is 14.6 Å². The van der Waals surface area contributed by atoms with Crippen molar-refractivity contribution in [3.63, 3.8) is 0 Å². The van der Waals surface area contributed by atoms with E-state index in [2.05, 4.69) is 9.98 Å². The van der Waals surface area contributed by atoms with Crippen molar-refractivity contribution in [3.05, 3.63) is 53.7 Å². The molecule has 6 nitrogen and oxygen atoms in total. The minimum absolute atomic E-state index is 0.221. The van der Waals surface area contributed by atoms with Gasteiger partial charge in [0, 0.05) is 16.9 Å². The fourth-order valence-corrected chi connectivity index (χ4v) is 3.49. The van der Waals surface area contributed by atoms with Gasteiger partial charge in [0.15, 0.2) is 6.04 Å². The zero-order valence-electron chi connectivity index (χ0n) is 13.8. The third-order valence-corrected chi connectivity index (χ3v) is 4.77. The van der Waals surface area contributed by atoms with Crippen LogP contribution in [0.4, 0.5) is 0 Å². The number of benzene rings is 1. The Morgan fingerprint density at radius 3 is 2.52 bits per heavy atom. The van der Waals surface area contributed by atoms with Crippen LogP contribution in [-0.4, -0.2) is 48.0 Å². The van der Waals surface area contributed by atoms with Crippen LogP contribution in [-0.2, 0) is 14.3 Å². The largest absolute Gasteiger partial charge is 0.467 e. The number of rotatable bonds is 4. The molecule has 0 N–H and O–H groups in total. The number of esters is 2. The third kappa shape index (κ3) is 3.56. The molecule has 0 aliphatic carbocycles. The van der Waals surface area contributed by atoms with Crippen molar-refractivity contribution < 1.29 is 19.1 Å². The zero-order valence-corrected chi connectivity index (χ0v) is 14.6. The highest BCUT2D eigenvalue weighted by atomic mass is 32.2. The first-order chi connectivity index (χ1) is 12.1. The van der Waals surface area contributed by atoms with Crippen molar-refractivity contribution in [3.8, 4) is 11.3 Å². The Balaban J connectivity index is 2.07. The van der Waals surface area contributed by atoms with Gasteiger partial charge in [-0.3, -0.25) is 4.99 Å². The summed E-state index contributed by atoms with van der Waals surface area (Å²) in [5, 5.41) is 0.707. The van der Waals surface area contributed by atoms with E-state index >= 15 is 0 Å². The number of pyridine rings is 1.